The molecule has 154 valence electrons. The Morgan fingerprint density at radius 2 is 1.45 bits per heavy atom. The van der Waals surface area contributed by atoms with Crippen LogP contribution in [0.4, 0.5) is 0 Å². The lowest BCUT2D eigenvalue weighted by Crippen LogP contribution is -1.99. The molecule has 0 saturated carbocycles. The molecule has 0 unspecified atom stereocenters. The zero-order valence-corrected chi connectivity index (χ0v) is 17.1. The average Bonchev–Trinajstić information content (AvgIpc) is 3.25. The molecule has 0 aliphatic carbocycles. The maximum absolute atomic E-state index is 11.6. The summed E-state index contributed by atoms with van der Waals surface area (Å²) in [5, 5.41) is 1.75. The Balaban J connectivity index is 0.00000112. The third-order valence-electron chi connectivity index (χ3n) is 5.02. The summed E-state index contributed by atoms with van der Waals surface area (Å²) in [6.45, 7) is 2.00. The summed E-state index contributed by atoms with van der Waals surface area (Å²) >= 11 is 0. The van der Waals surface area contributed by atoms with Crippen LogP contribution in [0.25, 0.3) is 44.1 Å². The van der Waals surface area contributed by atoms with E-state index in [0.717, 1.165) is 33.0 Å². The molecule has 2 N–H and O–H groups in total. The molecule has 5 aromatic rings. The zero-order valence-electron chi connectivity index (χ0n) is 16.3. The van der Waals surface area contributed by atoms with Crippen molar-refractivity contribution in [2.75, 3.05) is 0 Å². The minimum absolute atomic E-state index is 0.459. The molecule has 0 radical (unpaired) electrons. The van der Waals surface area contributed by atoms with Gasteiger partial charge in [0.1, 0.15) is 6.79 Å². The summed E-state index contributed by atoms with van der Waals surface area (Å²) in [6, 6.07) is 27.7. The van der Waals surface area contributed by atoms with Gasteiger partial charge in [0.2, 0.25) is 0 Å². The van der Waals surface area contributed by atoms with Crippen molar-refractivity contribution >= 4 is 38.7 Å². The highest BCUT2D eigenvalue weighted by molar-refractivity contribution is 7.85. The number of carbonyl (C=O) groups is 1. The predicted octanol–water partition coefficient (Wildman–Crippen LogP) is 5.11. The molecule has 4 aromatic carbocycles. The second kappa shape index (κ2) is 8.14. The van der Waals surface area contributed by atoms with E-state index in [4.69, 9.17) is 4.79 Å². The summed E-state index contributed by atoms with van der Waals surface area (Å²) in [5.41, 5.74) is 4.73. The van der Waals surface area contributed by atoms with Crippen molar-refractivity contribution in [2.24, 2.45) is 0 Å². The number of rotatable bonds is 3. The Hall–Kier alpha value is -3.81. The lowest BCUT2D eigenvalue weighted by atomic mass is 9.90. The van der Waals surface area contributed by atoms with Gasteiger partial charge >= 0.3 is 10.1 Å². The van der Waals surface area contributed by atoms with E-state index in [-0.39, 0.29) is 0 Å². The summed E-state index contributed by atoms with van der Waals surface area (Å²) in [5.74, 6) is 0. The van der Waals surface area contributed by atoms with E-state index in [2.05, 4.69) is 28.2 Å². The third-order valence-corrected chi connectivity index (χ3v) is 5.70. The van der Waals surface area contributed by atoms with Crippen LogP contribution in [-0.4, -0.2) is 29.7 Å². The standard InChI is InChI=1S/C23H16N2O3S.CH2O/c26-29(27,28)23-24-20-14-13-19(18-12-6-10-15-7-4-5-11-17(15)18)21(22(20)25-23)16-8-2-1-3-9-16;1-2/h1-14H,(H,24,25)(H,26,27,28);1H2. The number of hydrogen-bond acceptors (Lipinski definition) is 4. The molecule has 1 heterocycles. The average molecular weight is 430 g/mol. The van der Waals surface area contributed by atoms with Crippen LogP contribution in [0.2, 0.25) is 0 Å². The predicted molar refractivity (Wildman–Crippen MR) is 121 cm³/mol. The van der Waals surface area contributed by atoms with Gasteiger partial charge in [-0.15, -0.1) is 0 Å². The largest absolute Gasteiger partial charge is 0.328 e. The summed E-state index contributed by atoms with van der Waals surface area (Å²) in [4.78, 5) is 14.9. The van der Waals surface area contributed by atoms with Crippen molar-refractivity contribution in [1.29, 1.82) is 0 Å². The molecule has 6 nitrogen and oxygen atoms in total. The first-order valence-corrected chi connectivity index (χ1v) is 10.8. The molecule has 0 bridgehead atoms. The van der Waals surface area contributed by atoms with Crippen LogP contribution in [0.5, 0.6) is 0 Å². The fourth-order valence-corrected chi connectivity index (χ4v) is 4.20. The van der Waals surface area contributed by atoms with E-state index >= 15 is 0 Å². The van der Waals surface area contributed by atoms with Crippen molar-refractivity contribution in [2.45, 2.75) is 5.16 Å². The van der Waals surface area contributed by atoms with Crippen LogP contribution in [0.15, 0.2) is 90.1 Å². The summed E-state index contributed by atoms with van der Waals surface area (Å²) in [6.07, 6.45) is 0. The van der Waals surface area contributed by atoms with Gasteiger partial charge in [-0.1, -0.05) is 78.9 Å². The van der Waals surface area contributed by atoms with Crippen LogP contribution in [0, 0.1) is 0 Å². The SMILES string of the molecule is C=O.O=S(=O)(O)c1nc2c(-c3ccccc3)c(-c3cccc4ccccc34)ccc2[nH]1. The van der Waals surface area contributed by atoms with Crippen molar-refractivity contribution in [1.82, 2.24) is 9.97 Å². The first-order valence-electron chi connectivity index (χ1n) is 9.35. The molecular weight excluding hydrogens is 412 g/mol. The molecular formula is C24H18N2O4S. The molecule has 0 spiro atoms. The second-order valence-corrected chi connectivity index (χ2v) is 8.13. The minimum atomic E-state index is -4.44. The number of aromatic amines is 1. The number of nitrogens with one attached hydrogen (secondary N) is 1. The summed E-state index contributed by atoms with van der Waals surface area (Å²) in [7, 11) is -4.44. The van der Waals surface area contributed by atoms with Crippen molar-refractivity contribution in [3.8, 4) is 22.3 Å². The minimum Gasteiger partial charge on any atom is -0.327 e. The van der Waals surface area contributed by atoms with Gasteiger partial charge in [0.15, 0.2) is 0 Å². The molecule has 0 atom stereocenters. The third kappa shape index (κ3) is 3.72. The van der Waals surface area contributed by atoms with E-state index in [1.165, 1.54) is 0 Å². The molecule has 0 fully saturated rings. The molecule has 0 saturated heterocycles. The first kappa shape index (κ1) is 20.5. The number of carbonyl (C=O) groups excluding carboxylic acids is 1. The van der Waals surface area contributed by atoms with Gasteiger partial charge in [-0.2, -0.15) is 8.42 Å². The van der Waals surface area contributed by atoms with Crippen LogP contribution >= 0.6 is 0 Å². The Bertz CT molecular complexity index is 1490. The molecule has 5 rings (SSSR count). The maximum atomic E-state index is 11.6. The fourth-order valence-electron chi connectivity index (χ4n) is 3.76. The highest BCUT2D eigenvalue weighted by Gasteiger charge is 2.20. The monoisotopic (exact) mass is 430 g/mol. The van der Waals surface area contributed by atoms with Crippen LogP contribution in [0.3, 0.4) is 0 Å². The number of nitrogens with zero attached hydrogens (tertiary/aromatic N) is 1. The maximum Gasteiger partial charge on any atom is 0.328 e. The summed E-state index contributed by atoms with van der Waals surface area (Å²) < 4.78 is 32.7. The van der Waals surface area contributed by atoms with Crippen LogP contribution < -0.4 is 0 Å². The molecule has 1 aromatic heterocycles. The van der Waals surface area contributed by atoms with Gasteiger partial charge in [0.05, 0.1) is 11.0 Å². The fraction of sp³-hybridized carbons (Fsp3) is 0. The Labute approximate surface area is 178 Å². The van der Waals surface area contributed by atoms with Crippen molar-refractivity contribution < 1.29 is 17.8 Å². The van der Waals surface area contributed by atoms with Gasteiger partial charge in [-0.3, -0.25) is 4.55 Å². The highest BCUT2D eigenvalue weighted by atomic mass is 32.2. The first-order chi connectivity index (χ1) is 15.0. The highest BCUT2D eigenvalue weighted by Crippen LogP contribution is 2.40. The van der Waals surface area contributed by atoms with Gasteiger partial charge in [-0.05, 0) is 33.5 Å². The second-order valence-electron chi connectivity index (χ2n) is 6.79. The Morgan fingerprint density at radius 1 is 0.774 bits per heavy atom. The molecule has 7 heteroatoms. The van der Waals surface area contributed by atoms with Gasteiger partial charge in [0.25, 0.3) is 5.16 Å². The Morgan fingerprint density at radius 3 is 2.19 bits per heavy atom. The molecule has 0 amide bonds. The van der Waals surface area contributed by atoms with Crippen LogP contribution in [-0.2, 0) is 14.9 Å². The smallest absolute Gasteiger partial charge is 0.327 e. The van der Waals surface area contributed by atoms with E-state index in [9.17, 15) is 13.0 Å². The van der Waals surface area contributed by atoms with Gasteiger partial charge in [0, 0.05) is 5.56 Å². The normalized spacial score (nSPS) is 11.3. The van der Waals surface area contributed by atoms with Gasteiger partial charge in [-0.25, -0.2) is 4.98 Å². The number of imidazole rings is 1. The Kier molecular flexibility index (Phi) is 5.37. The quantitative estimate of drug-likeness (QED) is 0.387. The number of aromatic nitrogens is 2. The topological polar surface area (TPSA) is 100 Å². The number of benzene rings is 4. The lowest BCUT2D eigenvalue weighted by Gasteiger charge is -2.13. The molecule has 0 aliphatic heterocycles. The van der Waals surface area contributed by atoms with E-state index in [1.54, 1.807) is 6.07 Å². The zero-order chi connectivity index (χ0) is 22.0. The molecule has 0 aliphatic rings. The van der Waals surface area contributed by atoms with E-state index < -0.39 is 15.3 Å². The van der Waals surface area contributed by atoms with Crippen LogP contribution in [0.1, 0.15) is 0 Å². The van der Waals surface area contributed by atoms with E-state index in [1.807, 2.05) is 67.5 Å². The lowest BCUT2D eigenvalue weighted by molar-refractivity contribution is -0.0980. The molecule has 31 heavy (non-hydrogen) atoms. The van der Waals surface area contributed by atoms with Gasteiger partial charge < -0.3 is 9.78 Å². The number of H-pyrrole nitrogens is 1. The van der Waals surface area contributed by atoms with Crippen molar-refractivity contribution in [3.63, 3.8) is 0 Å². The van der Waals surface area contributed by atoms with E-state index in [0.29, 0.717) is 11.0 Å². The number of fused-ring (bicyclic) bond motifs is 2. The van der Waals surface area contributed by atoms with Crippen molar-refractivity contribution in [3.05, 3.63) is 84.9 Å². The number of hydrogen-bond donors (Lipinski definition) is 2.